The molecule has 126 valence electrons. The number of rotatable bonds is 4. The summed E-state index contributed by atoms with van der Waals surface area (Å²) in [6.45, 7) is 0.847. The van der Waals surface area contributed by atoms with Crippen LogP contribution in [0.3, 0.4) is 0 Å². The molecule has 0 N–H and O–H groups in total. The highest BCUT2D eigenvalue weighted by atomic mass is 16.5. The Kier molecular flexibility index (Phi) is 3.98. The van der Waals surface area contributed by atoms with Gasteiger partial charge in [-0.1, -0.05) is 30.3 Å². The molecule has 5 nitrogen and oxygen atoms in total. The standard InChI is InChI=1S/C20H19N3O2/c1-24-18-10-15-8-9-23-17(16(15)11-19(18)25-2)13-22-20(23)21-12-14-6-4-3-5-7-14/h3-7,10-13H,8-9H2,1-2H3. The Morgan fingerprint density at radius 2 is 1.84 bits per heavy atom. The summed E-state index contributed by atoms with van der Waals surface area (Å²) in [5.74, 6) is 2.21. The SMILES string of the molecule is COc1cc2c(cc1OC)-c1cnc(N=Cc3ccccc3)n1CC2. The van der Waals surface area contributed by atoms with E-state index in [1.165, 1.54) is 5.56 Å². The Hall–Kier alpha value is -3.08. The number of nitrogens with zero attached hydrogens (tertiary/aromatic N) is 3. The minimum absolute atomic E-state index is 0.722. The maximum absolute atomic E-state index is 5.45. The minimum Gasteiger partial charge on any atom is -0.493 e. The van der Waals surface area contributed by atoms with Gasteiger partial charge in [0, 0.05) is 18.3 Å². The third-order valence-corrected chi connectivity index (χ3v) is 4.45. The number of fused-ring (bicyclic) bond motifs is 3. The predicted molar refractivity (Wildman–Crippen MR) is 98.2 cm³/mol. The van der Waals surface area contributed by atoms with Gasteiger partial charge in [-0.15, -0.1) is 0 Å². The lowest BCUT2D eigenvalue weighted by atomic mass is 9.98. The van der Waals surface area contributed by atoms with Crippen molar-refractivity contribution >= 4 is 12.2 Å². The number of aryl methyl sites for hydroxylation is 1. The van der Waals surface area contributed by atoms with Crippen molar-refractivity contribution in [3.8, 4) is 22.8 Å². The maximum Gasteiger partial charge on any atom is 0.229 e. The lowest BCUT2D eigenvalue weighted by Crippen LogP contribution is -2.11. The quantitative estimate of drug-likeness (QED) is 0.681. The highest BCUT2D eigenvalue weighted by molar-refractivity contribution is 5.81. The van der Waals surface area contributed by atoms with Crippen LogP contribution in [0, 0.1) is 0 Å². The van der Waals surface area contributed by atoms with E-state index in [4.69, 9.17) is 9.47 Å². The predicted octanol–water partition coefficient (Wildman–Crippen LogP) is 3.87. The van der Waals surface area contributed by atoms with Gasteiger partial charge in [-0.2, -0.15) is 0 Å². The zero-order valence-electron chi connectivity index (χ0n) is 14.3. The van der Waals surface area contributed by atoms with Crippen LogP contribution in [0.4, 0.5) is 5.95 Å². The van der Waals surface area contributed by atoms with Crippen LogP contribution in [0.25, 0.3) is 11.3 Å². The summed E-state index contributed by atoms with van der Waals surface area (Å²) < 4.78 is 13.0. The number of hydrogen-bond donors (Lipinski definition) is 0. The topological polar surface area (TPSA) is 48.6 Å². The first kappa shape index (κ1) is 15.4. The smallest absolute Gasteiger partial charge is 0.229 e. The zero-order valence-corrected chi connectivity index (χ0v) is 14.3. The lowest BCUT2D eigenvalue weighted by molar-refractivity contribution is 0.354. The summed E-state index contributed by atoms with van der Waals surface area (Å²) in [5, 5.41) is 0. The molecule has 0 saturated heterocycles. The maximum atomic E-state index is 5.45. The molecule has 0 atom stereocenters. The van der Waals surface area contributed by atoms with Gasteiger partial charge in [-0.3, -0.25) is 0 Å². The molecular weight excluding hydrogens is 314 g/mol. The van der Waals surface area contributed by atoms with Crippen molar-refractivity contribution < 1.29 is 9.47 Å². The van der Waals surface area contributed by atoms with E-state index < -0.39 is 0 Å². The number of ether oxygens (including phenoxy) is 2. The van der Waals surface area contributed by atoms with Crippen molar-refractivity contribution in [1.29, 1.82) is 0 Å². The molecule has 0 saturated carbocycles. The molecule has 0 radical (unpaired) electrons. The van der Waals surface area contributed by atoms with E-state index in [1.54, 1.807) is 14.2 Å². The molecule has 1 aliphatic rings. The van der Waals surface area contributed by atoms with Gasteiger partial charge in [0.15, 0.2) is 11.5 Å². The summed E-state index contributed by atoms with van der Waals surface area (Å²) in [6, 6.07) is 14.1. The first-order valence-corrected chi connectivity index (χ1v) is 8.20. The van der Waals surface area contributed by atoms with Crippen molar-refractivity contribution in [3.63, 3.8) is 0 Å². The van der Waals surface area contributed by atoms with Gasteiger partial charge in [0.1, 0.15) is 0 Å². The van der Waals surface area contributed by atoms with E-state index in [2.05, 4.69) is 20.6 Å². The van der Waals surface area contributed by atoms with Crippen LogP contribution in [0.5, 0.6) is 11.5 Å². The third-order valence-electron chi connectivity index (χ3n) is 4.45. The summed E-state index contributed by atoms with van der Waals surface area (Å²) in [6.07, 6.45) is 4.63. The van der Waals surface area contributed by atoms with Crippen LogP contribution in [0.2, 0.25) is 0 Å². The monoisotopic (exact) mass is 333 g/mol. The first-order chi connectivity index (χ1) is 12.3. The molecule has 2 heterocycles. The molecule has 0 spiro atoms. The summed E-state index contributed by atoms with van der Waals surface area (Å²) in [5.41, 5.74) is 4.48. The van der Waals surface area contributed by atoms with Gasteiger partial charge in [-0.25, -0.2) is 9.98 Å². The van der Waals surface area contributed by atoms with E-state index in [-0.39, 0.29) is 0 Å². The second kappa shape index (κ2) is 6.43. The van der Waals surface area contributed by atoms with E-state index in [0.717, 1.165) is 47.2 Å². The molecular formula is C20H19N3O2. The van der Waals surface area contributed by atoms with Gasteiger partial charge in [0.05, 0.1) is 26.1 Å². The molecule has 2 aromatic carbocycles. The van der Waals surface area contributed by atoms with Crippen LogP contribution in [0.15, 0.2) is 53.7 Å². The van der Waals surface area contributed by atoms with Crippen molar-refractivity contribution in [3.05, 3.63) is 59.8 Å². The Morgan fingerprint density at radius 3 is 2.60 bits per heavy atom. The van der Waals surface area contributed by atoms with Crippen LogP contribution in [-0.4, -0.2) is 30.0 Å². The zero-order chi connectivity index (χ0) is 17.2. The van der Waals surface area contributed by atoms with Crippen molar-refractivity contribution in [1.82, 2.24) is 9.55 Å². The van der Waals surface area contributed by atoms with E-state index >= 15 is 0 Å². The molecule has 0 amide bonds. The van der Waals surface area contributed by atoms with E-state index in [0.29, 0.717) is 0 Å². The Labute approximate surface area is 146 Å². The fourth-order valence-electron chi connectivity index (χ4n) is 3.17. The second-order valence-corrected chi connectivity index (χ2v) is 5.88. The molecule has 4 rings (SSSR count). The third kappa shape index (κ3) is 2.78. The summed E-state index contributed by atoms with van der Waals surface area (Å²) in [4.78, 5) is 9.07. The van der Waals surface area contributed by atoms with Crippen molar-refractivity contribution in [2.75, 3.05) is 14.2 Å². The van der Waals surface area contributed by atoms with Gasteiger partial charge in [-0.05, 0) is 29.7 Å². The Morgan fingerprint density at radius 1 is 1.08 bits per heavy atom. The molecule has 0 bridgehead atoms. The first-order valence-electron chi connectivity index (χ1n) is 8.20. The van der Waals surface area contributed by atoms with E-state index in [1.807, 2.05) is 48.8 Å². The average molecular weight is 333 g/mol. The van der Waals surface area contributed by atoms with E-state index in [9.17, 15) is 0 Å². The molecule has 1 aliphatic heterocycles. The number of aliphatic imine (C=N–C) groups is 1. The molecule has 5 heteroatoms. The fourth-order valence-corrected chi connectivity index (χ4v) is 3.17. The number of hydrogen-bond acceptors (Lipinski definition) is 4. The highest BCUT2D eigenvalue weighted by Gasteiger charge is 2.22. The Bertz CT molecular complexity index is 930. The van der Waals surface area contributed by atoms with Crippen LogP contribution in [0.1, 0.15) is 11.1 Å². The van der Waals surface area contributed by atoms with Gasteiger partial charge >= 0.3 is 0 Å². The molecule has 3 aromatic rings. The molecule has 0 aliphatic carbocycles. The number of benzene rings is 2. The van der Waals surface area contributed by atoms with Crippen molar-refractivity contribution in [2.24, 2.45) is 4.99 Å². The fraction of sp³-hybridized carbons (Fsp3) is 0.200. The summed E-state index contributed by atoms with van der Waals surface area (Å²) in [7, 11) is 3.31. The second-order valence-electron chi connectivity index (χ2n) is 5.88. The van der Waals surface area contributed by atoms with Crippen LogP contribution in [-0.2, 0) is 13.0 Å². The van der Waals surface area contributed by atoms with Gasteiger partial charge in [0.25, 0.3) is 0 Å². The molecule has 0 unspecified atom stereocenters. The van der Waals surface area contributed by atoms with Crippen molar-refractivity contribution in [2.45, 2.75) is 13.0 Å². The normalized spacial score (nSPS) is 12.7. The van der Waals surface area contributed by atoms with Gasteiger partial charge < -0.3 is 14.0 Å². The lowest BCUT2D eigenvalue weighted by Gasteiger charge is -2.21. The number of methoxy groups -OCH3 is 2. The molecule has 25 heavy (non-hydrogen) atoms. The highest BCUT2D eigenvalue weighted by Crippen LogP contribution is 2.39. The number of imidazole rings is 1. The van der Waals surface area contributed by atoms with Gasteiger partial charge in [0.2, 0.25) is 5.95 Å². The van der Waals surface area contributed by atoms with Crippen LogP contribution < -0.4 is 9.47 Å². The van der Waals surface area contributed by atoms with Crippen LogP contribution >= 0.6 is 0 Å². The molecule has 0 fully saturated rings. The molecule has 1 aromatic heterocycles. The summed E-state index contributed by atoms with van der Waals surface area (Å²) >= 11 is 0. The Balaban J connectivity index is 1.73. The minimum atomic E-state index is 0.722. The largest absolute Gasteiger partial charge is 0.493 e. The number of aromatic nitrogens is 2. The average Bonchev–Trinajstić information content (AvgIpc) is 3.09.